The van der Waals surface area contributed by atoms with Crippen molar-refractivity contribution in [1.82, 2.24) is 15.2 Å². The molecule has 2 aliphatic heterocycles. The average Bonchev–Trinajstić information content (AvgIpc) is 3.31. The molecule has 2 aromatic carbocycles. The molecule has 5 rings (SSSR count). The summed E-state index contributed by atoms with van der Waals surface area (Å²) in [6, 6.07) is 7.96. The molecule has 3 atom stereocenters. The molecule has 1 N–H and O–H groups in total. The maximum absolute atomic E-state index is 15.6. The molecule has 1 aromatic heterocycles. The fourth-order valence-corrected chi connectivity index (χ4v) is 6.47. The van der Waals surface area contributed by atoms with Gasteiger partial charge in [0.1, 0.15) is 40.7 Å². The number of halogens is 4. The van der Waals surface area contributed by atoms with E-state index in [0.717, 1.165) is 44.6 Å². The Morgan fingerprint density at radius 3 is 2.17 bits per heavy atom. The monoisotopic (exact) mass is 674 g/mol. The number of hydrogen-bond donors (Lipinski definition) is 1. The van der Waals surface area contributed by atoms with Gasteiger partial charge in [0, 0.05) is 72.6 Å². The summed E-state index contributed by atoms with van der Waals surface area (Å²) in [6.45, 7) is 1.70. The molecule has 2 fully saturated rings. The molecule has 2 saturated heterocycles. The summed E-state index contributed by atoms with van der Waals surface area (Å²) < 4.78 is 76.6. The minimum absolute atomic E-state index is 0.0172. The summed E-state index contributed by atoms with van der Waals surface area (Å²) in [7, 11) is 4.43. The number of pyridine rings is 1. The minimum Gasteiger partial charge on any atom is -0.497 e. The Morgan fingerprint density at radius 2 is 1.58 bits per heavy atom. The van der Waals surface area contributed by atoms with E-state index in [1.54, 1.807) is 20.1 Å². The van der Waals surface area contributed by atoms with Crippen molar-refractivity contribution < 1.29 is 46.1 Å². The number of methoxy groups -OCH3 is 3. The molecule has 0 radical (unpaired) electrons. The molecule has 3 aromatic rings. The van der Waals surface area contributed by atoms with Crippen LogP contribution < -0.4 is 24.4 Å². The van der Waals surface area contributed by atoms with Gasteiger partial charge in [0.2, 0.25) is 0 Å². The fraction of sp³-hybridized carbons (Fsp3) is 0.441. The van der Waals surface area contributed by atoms with Crippen molar-refractivity contribution in [3.8, 4) is 17.2 Å². The molecule has 0 aliphatic carbocycles. The number of nitrogens with zero attached hydrogens (tertiary/aromatic N) is 3. The number of carbonyl (C=O) groups is 2. The van der Waals surface area contributed by atoms with E-state index >= 15 is 8.78 Å². The molecule has 2 amide bonds. The number of carbonyl (C=O) groups excluding carboxylic acids is 2. The van der Waals surface area contributed by atoms with Gasteiger partial charge in [-0.1, -0.05) is 0 Å². The Balaban J connectivity index is 1.50. The standard InChI is InChI=1S/C34H38F4N4O6/c1-19-29(30-25(35)15-23(46-3)16-26(30)36)31(40-32(43)21-5-7-22(8-6-21)48-34(37)38)33(44)42(19)28-18-24(47-4)17-27(39-28)20-9-11-41(12-10-20)13-14-45-2/h5-8,15-20,29,31,34H,9-14H2,1-4H3,(H,40,43)/t19-,29-,31-/m0/s1. The van der Waals surface area contributed by atoms with E-state index in [1.165, 1.54) is 43.4 Å². The molecular formula is C34H38F4N4O6. The third-order valence-corrected chi connectivity index (χ3v) is 8.94. The highest BCUT2D eigenvalue weighted by Gasteiger charge is 2.50. The third-order valence-electron chi connectivity index (χ3n) is 8.94. The van der Waals surface area contributed by atoms with Crippen molar-refractivity contribution in [2.24, 2.45) is 0 Å². The van der Waals surface area contributed by atoms with Gasteiger partial charge in [-0.05, 0) is 57.1 Å². The lowest BCUT2D eigenvalue weighted by atomic mass is 9.87. The molecule has 2 aliphatic rings. The first kappa shape index (κ1) is 34.9. The Kier molecular flexibility index (Phi) is 11.0. The van der Waals surface area contributed by atoms with E-state index in [-0.39, 0.29) is 28.8 Å². The van der Waals surface area contributed by atoms with E-state index in [0.29, 0.717) is 18.1 Å². The van der Waals surface area contributed by atoms with Gasteiger partial charge >= 0.3 is 6.61 Å². The SMILES string of the molecule is COCCN1CCC(c2cc(OC)cc(N3C(=O)[C@@H](NC(=O)c4ccc(OC(F)F)cc4)[C@H](c4c(F)cc(OC)cc4F)[C@@H]3C)n2)CC1. The molecule has 0 unspecified atom stereocenters. The normalized spacial score (nSPS) is 20.3. The highest BCUT2D eigenvalue weighted by molar-refractivity contribution is 6.05. The Hall–Kier alpha value is -4.43. The van der Waals surface area contributed by atoms with Crippen LogP contribution in [0.3, 0.4) is 0 Å². The van der Waals surface area contributed by atoms with Crippen LogP contribution in [0.2, 0.25) is 0 Å². The van der Waals surface area contributed by atoms with Crippen LogP contribution in [0.5, 0.6) is 17.2 Å². The Morgan fingerprint density at radius 1 is 0.958 bits per heavy atom. The maximum Gasteiger partial charge on any atom is 0.387 e. The smallest absolute Gasteiger partial charge is 0.387 e. The molecular weight excluding hydrogens is 636 g/mol. The number of aromatic nitrogens is 1. The zero-order valence-corrected chi connectivity index (χ0v) is 27.1. The zero-order valence-electron chi connectivity index (χ0n) is 27.1. The van der Waals surface area contributed by atoms with Crippen LogP contribution in [0.15, 0.2) is 48.5 Å². The maximum atomic E-state index is 15.6. The number of hydrogen-bond acceptors (Lipinski definition) is 8. The van der Waals surface area contributed by atoms with Crippen LogP contribution >= 0.6 is 0 Å². The van der Waals surface area contributed by atoms with Crippen molar-refractivity contribution in [3.05, 3.63) is 77.0 Å². The van der Waals surface area contributed by atoms with Gasteiger partial charge in [-0.3, -0.25) is 14.5 Å². The number of likely N-dealkylation sites (tertiary alicyclic amines) is 1. The second-order valence-corrected chi connectivity index (χ2v) is 11.7. The Labute approximate surface area is 275 Å². The van der Waals surface area contributed by atoms with E-state index in [9.17, 15) is 18.4 Å². The molecule has 3 heterocycles. The first-order valence-electron chi connectivity index (χ1n) is 15.5. The Bertz CT molecular complexity index is 1580. The van der Waals surface area contributed by atoms with E-state index < -0.39 is 53.6 Å². The van der Waals surface area contributed by atoms with E-state index in [1.807, 2.05) is 6.07 Å². The largest absolute Gasteiger partial charge is 0.497 e. The predicted octanol–water partition coefficient (Wildman–Crippen LogP) is 5.12. The lowest BCUT2D eigenvalue weighted by molar-refractivity contribution is -0.118. The van der Waals surface area contributed by atoms with Gasteiger partial charge in [-0.2, -0.15) is 8.78 Å². The fourth-order valence-electron chi connectivity index (χ4n) is 6.47. The summed E-state index contributed by atoms with van der Waals surface area (Å²) in [5.74, 6) is -3.99. The molecule has 48 heavy (non-hydrogen) atoms. The second-order valence-electron chi connectivity index (χ2n) is 11.7. The molecule has 0 bridgehead atoms. The number of anilines is 1. The highest BCUT2D eigenvalue weighted by atomic mass is 19.3. The molecule has 10 nitrogen and oxygen atoms in total. The average molecular weight is 675 g/mol. The van der Waals surface area contributed by atoms with Gasteiger partial charge in [0.05, 0.1) is 20.8 Å². The van der Waals surface area contributed by atoms with E-state index in [2.05, 4.69) is 15.0 Å². The van der Waals surface area contributed by atoms with Crippen molar-refractivity contribution in [2.75, 3.05) is 52.5 Å². The van der Waals surface area contributed by atoms with Crippen LogP contribution in [0.1, 0.15) is 53.2 Å². The first-order valence-corrected chi connectivity index (χ1v) is 15.5. The molecule has 258 valence electrons. The number of ether oxygens (including phenoxy) is 4. The number of nitrogens with one attached hydrogen (secondary N) is 1. The molecule has 14 heteroatoms. The van der Waals surface area contributed by atoms with Crippen molar-refractivity contribution in [2.45, 2.75) is 50.3 Å². The van der Waals surface area contributed by atoms with Gasteiger partial charge in [0.15, 0.2) is 0 Å². The van der Waals surface area contributed by atoms with Crippen molar-refractivity contribution >= 4 is 17.6 Å². The van der Waals surface area contributed by atoms with Crippen LogP contribution in [0.4, 0.5) is 23.4 Å². The molecule has 0 saturated carbocycles. The summed E-state index contributed by atoms with van der Waals surface area (Å²) in [5, 5.41) is 2.64. The number of alkyl halides is 2. The topological polar surface area (TPSA) is 102 Å². The third kappa shape index (κ3) is 7.49. The highest BCUT2D eigenvalue weighted by Crippen LogP contribution is 2.42. The zero-order chi connectivity index (χ0) is 34.5. The predicted molar refractivity (Wildman–Crippen MR) is 168 cm³/mol. The lowest BCUT2D eigenvalue weighted by Gasteiger charge is -2.32. The minimum atomic E-state index is -3.05. The second kappa shape index (κ2) is 15.2. The van der Waals surface area contributed by atoms with Gasteiger partial charge in [-0.25, -0.2) is 13.8 Å². The summed E-state index contributed by atoms with van der Waals surface area (Å²) in [6.07, 6.45) is 1.63. The van der Waals surface area contributed by atoms with Crippen molar-refractivity contribution in [1.29, 1.82) is 0 Å². The first-order chi connectivity index (χ1) is 23.0. The van der Waals surface area contributed by atoms with Crippen LogP contribution in [0, 0.1) is 11.6 Å². The van der Waals surface area contributed by atoms with Gasteiger partial charge in [-0.15, -0.1) is 0 Å². The number of benzene rings is 2. The van der Waals surface area contributed by atoms with Crippen molar-refractivity contribution in [3.63, 3.8) is 0 Å². The summed E-state index contributed by atoms with van der Waals surface area (Å²) >= 11 is 0. The lowest BCUT2D eigenvalue weighted by Crippen LogP contribution is -2.44. The van der Waals surface area contributed by atoms with Gasteiger partial charge < -0.3 is 29.2 Å². The van der Waals surface area contributed by atoms with E-state index in [4.69, 9.17) is 19.2 Å². The summed E-state index contributed by atoms with van der Waals surface area (Å²) in [5.41, 5.74) is 0.327. The number of rotatable bonds is 12. The van der Waals surface area contributed by atoms with Gasteiger partial charge in [0.25, 0.3) is 11.8 Å². The van der Waals surface area contributed by atoms with Crippen LogP contribution in [-0.2, 0) is 9.53 Å². The number of piperidine rings is 1. The number of amides is 2. The van der Waals surface area contributed by atoms with Crippen LogP contribution in [0.25, 0.3) is 0 Å². The summed E-state index contributed by atoms with van der Waals surface area (Å²) in [4.78, 5) is 36.2. The molecule has 0 spiro atoms. The van der Waals surface area contributed by atoms with Crippen LogP contribution in [-0.4, -0.2) is 88.0 Å². The quantitative estimate of drug-likeness (QED) is 0.264.